The number of nitrogens with two attached hydrogens (primary N) is 1. The van der Waals surface area contributed by atoms with Gasteiger partial charge in [0.05, 0.1) is 6.04 Å². The van der Waals surface area contributed by atoms with Gasteiger partial charge in [0.2, 0.25) is 0 Å². The molecule has 0 amide bonds. The van der Waals surface area contributed by atoms with Crippen LogP contribution in [0.3, 0.4) is 0 Å². The van der Waals surface area contributed by atoms with E-state index in [9.17, 15) is 0 Å². The summed E-state index contributed by atoms with van der Waals surface area (Å²) in [5, 5.41) is 2.87. The van der Waals surface area contributed by atoms with Gasteiger partial charge in [-0.2, -0.15) is 0 Å². The van der Waals surface area contributed by atoms with Crippen LogP contribution >= 0.6 is 22.9 Å². The van der Waals surface area contributed by atoms with Crippen LogP contribution in [0.5, 0.6) is 0 Å². The van der Waals surface area contributed by atoms with Gasteiger partial charge in [0.15, 0.2) is 0 Å². The number of halogens is 1. The summed E-state index contributed by atoms with van der Waals surface area (Å²) in [7, 11) is 0. The fourth-order valence-corrected chi connectivity index (χ4v) is 3.45. The summed E-state index contributed by atoms with van der Waals surface area (Å²) >= 11 is 8.05. The minimum atomic E-state index is -0.119. The van der Waals surface area contributed by atoms with Crippen molar-refractivity contribution in [2.45, 2.75) is 33.2 Å². The van der Waals surface area contributed by atoms with E-state index in [4.69, 9.17) is 17.3 Å². The molecule has 0 aliphatic rings. The monoisotopic (exact) mass is 279 g/mol. The van der Waals surface area contributed by atoms with Gasteiger partial charge < -0.3 is 5.73 Å². The Morgan fingerprint density at radius 3 is 2.61 bits per heavy atom. The molecule has 1 aromatic heterocycles. The first kappa shape index (κ1) is 13.6. The molecule has 0 aliphatic heterocycles. The van der Waals surface area contributed by atoms with Crippen LogP contribution in [0.15, 0.2) is 23.6 Å². The van der Waals surface area contributed by atoms with Crippen molar-refractivity contribution in [1.29, 1.82) is 0 Å². The van der Waals surface area contributed by atoms with Crippen molar-refractivity contribution in [2.24, 2.45) is 5.73 Å². The highest BCUT2D eigenvalue weighted by atomic mass is 35.5. The van der Waals surface area contributed by atoms with Crippen molar-refractivity contribution in [2.75, 3.05) is 0 Å². The lowest BCUT2D eigenvalue weighted by Crippen LogP contribution is -2.13. The molecule has 0 fully saturated rings. The van der Waals surface area contributed by atoms with Gasteiger partial charge in [-0.25, -0.2) is 0 Å². The third kappa shape index (κ3) is 2.46. The molecule has 1 atom stereocenters. The molecule has 2 N–H and O–H groups in total. The Hall–Kier alpha value is -0.830. The molecule has 0 spiro atoms. The van der Waals surface area contributed by atoms with Gasteiger partial charge in [-0.3, -0.25) is 0 Å². The van der Waals surface area contributed by atoms with Gasteiger partial charge in [-0.05, 0) is 60.0 Å². The third-order valence-corrected chi connectivity index (χ3v) is 4.76. The molecule has 1 aromatic carbocycles. The highest BCUT2D eigenvalue weighted by molar-refractivity contribution is 7.10. The average Bonchev–Trinajstić information content (AvgIpc) is 2.81. The van der Waals surface area contributed by atoms with E-state index in [-0.39, 0.29) is 6.04 Å². The summed E-state index contributed by atoms with van der Waals surface area (Å²) < 4.78 is 0. The molecule has 18 heavy (non-hydrogen) atoms. The number of rotatable bonds is 3. The van der Waals surface area contributed by atoms with Crippen LogP contribution in [0.4, 0.5) is 0 Å². The number of thiophene rings is 1. The lowest BCUT2D eigenvalue weighted by atomic mass is 9.98. The first-order chi connectivity index (χ1) is 8.54. The maximum Gasteiger partial charge on any atom is 0.0663 e. The zero-order valence-electron chi connectivity index (χ0n) is 11.0. The first-order valence-electron chi connectivity index (χ1n) is 6.13. The fourth-order valence-electron chi connectivity index (χ4n) is 2.10. The van der Waals surface area contributed by atoms with Gasteiger partial charge >= 0.3 is 0 Å². The van der Waals surface area contributed by atoms with Gasteiger partial charge in [0.1, 0.15) is 0 Å². The van der Waals surface area contributed by atoms with Crippen molar-refractivity contribution in [3.8, 4) is 0 Å². The molecule has 0 saturated heterocycles. The van der Waals surface area contributed by atoms with E-state index in [1.54, 1.807) is 11.3 Å². The average molecular weight is 280 g/mol. The molecule has 3 heteroatoms. The summed E-state index contributed by atoms with van der Waals surface area (Å²) in [5.41, 5.74) is 11.2. The quantitative estimate of drug-likeness (QED) is 0.871. The van der Waals surface area contributed by atoms with Crippen molar-refractivity contribution < 1.29 is 0 Å². The lowest BCUT2D eigenvalue weighted by Gasteiger charge is -2.16. The second-order valence-electron chi connectivity index (χ2n) is 4.60. The van der Waals surface area contributed by atoms with Crippen molar-refractivity contribution >= 4 is 22.9 Å². The molecule has 0 bridgehead atoms. The summed E-state index contributed by atoms with van der Waals surface area (Å²) in [5.74, 6) is 0. The van der Waals surface area contributed by atoms with E-state index in [2.05, 4.69) is 38.3 Å². The summed E-state index contributed by atoms with van der Waals surface area (Å²) in [4.78, 5) is 1.22. The van der Waals surface area contributed by atoms with Crippen LogP contribution in [0, 0.1) is 13.8 Å². The van der Waals surface area contributed by atoms with Gasteiger partial charge in [-0.15, -0.1) is 11.3 Å². The topological polar surface area (TPSA) is 26.0 Å². The Bertz CT molecular complexity index is 560. The third-order valence-electron chi connectivity index (χ3n) is 3.39. The molecule has 2 rings (SSSR count). The highest BCUT2D eigenvalue weighted by Gasteiger charge is 2.17. The van der Waals surface area contributed by atoms with E-state index in [1.165, 1.54) is 21.6 Å². The van der Waals surface area contributed by atoms with Crippen LogP contribution in [0.25, 0.3) is 0 Å². The number of aryl methyl sites for hydroxylation is 3. The highest BCUT2D eigenvalue weighted by Crippen LogP contribution is 2.33. The predicted molar refractivity (Wildman–Crippen MR) is 80.7 cm³/mol. The van der Waals surface area contributed by atoms with Crippen molar-refractivity contribution in [3.63, 3.8) is 0 Å². The largest absolute Gasteiger partial charge is 0.320 e. The summed E-state index contributed by atoms with van der Waals surface area (Å²) in [6.45, 7) is 6.32. The van der Waals surface area contributed by atoms with Crippen molar-refractivity contribution in [1.82, 2.24) is 0 Å². The SMILES string of the molecule is CCc1ccsc1C(N)c1cc(C)c(C)cc1Cl. The number of hydrogen-bond donors (Lipinski definition) is 1. The molecular weight excluding hydrogens is 262 g/mol. The standard InChI is InChI=1S/C15H18ClNS/c1-4-11-5-6-18-15(11)14(17)12-7-9(2)10(3)8-13(12)16/h5-8,14H,4,17H2,1-3H3. The Kier molecular flexibility index (Phi) is 4.10. The normalized spacial score (nSPS) is 12.7. The fraction of sp³-hybridized carbons (Fsp3) is 0.333. The molecule has 96 valence electrons. The van der Waals surface area contributed by atoms with Crippen LogP contribution in [0.2, 0.25) is 5.02 Å². The second-order valence-corrected chi connectivity index (χ2v) is 5.95. The van der Waals surface area contributed by atoms with Crippen LogP contribution in [-0.2, 0) is 6.42 Å². The van der Waals surface area contributed by atoms with E-state index >= 15 is 0 Å². The Morgan fingerprint density at radius 2 is 1.94 bits per heavy atom. The Balaban J connectivity index is 2.46. The smallest absolute Gasteiger partial charge is 0.0663 e. The zero-order valence-corrected chi connectivity index (χ0v) is 12.5. The van der Waals surface area contributed by atoms with Crippen LogP contribution in [0.1, 0.15) is 40.1 Å². The van der Waals surface area contributed by atoms with Crippen LogP contribution < -0.4 is 5.73 Å². The maximum absolute atomic E-state index is 6.38. The van der Waals surface area contributed by atoms with E-state index in [0.717, 1.165) is 17.0 Å². The van der Waals surface area contributed by atoms with Crippen molar-refractivity contribution in [3.05, 3.63) is 55.7 Å². The van der Waals surface area contributed by atoms with Crippen LogP contribution in [-0.4, -0.2) is 0 Å². The van der Waals surface area contributed by atoms with E-state index in [1.807, 2.05) is 6.07 Å². The lowest BCUT2D eigenvalue weighted by molar-refractivity contribution is 0.871. The Morgan fingerprint density at radius 1 is 1.28 bits per heavy atom. The zero-order chi connectivity index (χ0) is 13.3. The minimum absolute atomic E-state index is 0.119. The molecule has 0 radical (unpaired) electrons. The van der Waals surface area contributed by atoms with E-state index < -0.39 is 0 Å². The van der Waals surface area contributed by atoms with E-state index in [0.29, 0.717) is 0 Å². The van der Waals surface area contributed by atoms with Gasteiger partial charge in [-0.1, -0.05) is 24.6 Å². The molecular formula is C15H18ClNS. The van der Waals surface area contributed by atoms with Gasteiger partial charge in [0, 0.05) is 9.90 Å². The number of hydrogen-bond acceptors (Lipinski definition) is 2. The molecule has 0 aliphatic carbocycles. The second kappa shape index (κ2) is 5.43. The first-order valence-corrected chi connectivity index (χ1v) is 7.38. The Labute approximate surface area is 118 Å². The molecule has 1 nitrogen and oxygen atoms in total. The van der Waals surface area contributed by atoms with Gasteiger partial charge in [0.25, 0.3) is 0 Å². The molecule has 1 unspecified atom stereocenters. The molecule has 0 saturated carbocycles. The minimum Gasteiger partial charge on any atom is -0.320 e. The molecule has 2 aromatic rings. The summed E-state index contributed by atoms with van der Waals surface area (Å²) in [6.07, 6.45) is 1.01. The molecule has 1 heterocycles. The predicted octanol–water partition coefficient (Wildman–Crippen LogP) is 4.63. The summed E-state index contributed by atoms with van der Waals surface area (Å²) in [6, 6.07) is 6.15. The number of benzene rings is 1. The maximum atomic E-state index is 6.38.